The van der Waals surface area contributed by atoms with Crippen LogP contribution in [0.3, 0.4) is 0 Å². The number of nitrogens with zero attached hydrogens (tertiary/aromatic N) is 4. The Labute approximate surface area is 195 Å². The van der Waals surface area contributed by atoms with Crippen molar-refractivity contribution >= 4 is 33.3 Å². The number of hydrogen-bond acceptors (Lipinski definition) is 6. The van der Waals surface area contributed by atoms with E-state index in [1.807, 2.05) is 18.2 Å². The second-order valence-electron chi connectivity index (χ2n) is 8.55. The molecule has 166 valence electrons. The van der Waals surface area contributed by atoms with Gasteiger partial charge in [0.25, 0.3) is 5.56 Å². The SMILES string of the molecule is CCn1c(Cc2ccccc2)nnc1SC(C)c1nc2sc3c(c2c(=O)[nH]1)CCC(C)C3. The van der Waals surface area contributed by atoms with Crippen molar-refractivity contribution in [1.82, 2.24) is 24.7 Å². The molecule has 0 radical (unpaired) electrons. The molecule has 0 saturated heterocycles. The van der Waals surface area contributed by atoms with Crippen LogP contribution in [-0.2, 0) is 25.8 Å². The minimum absolute atomic E-state index is 0.00812. The second-order valence-corrected chi connectivity index (χ2v) is 10.9. The van der Waals surface area contributed by atoms with Crippen LogP contribution in [0.2, 0.25) is 0 Å². The van der Waals surface area contributed by atoms with Crippen LogP contribution in [0, 0.1) is 5.92 Å². The number of rotatable bonds is 6. The highest BCUT2D eigenvalue weighted by atomic mass is 32.2. The number of H-pyrrole nitrogens is 1. The first-order valence-corrected chi connectivity index (χ1v) is 12.9. The van der Waals surface area contributed by atoms with E-state index in [2.05, 4.69) is 52.7 Å². The Morgan fingerprint density at radius 3 is 2.88 bits per heavy atom. The van der Waals surface area contributed by atoms with Gasteiger partial charge in [-0.1, -0.05) is 49.0 Å². The van der Waals surface area contributed by atoms with E-state index in [1.54, 1.807) is 23.1 Å². The van der Waals surface area contributed by atoms with Crippen molar-refractivity contribution < 1.29 is 0 Å². The van der Waals surface area contributed by atoms with E-state index in [4.69, 9.17) is 4.98 Å². The van der Waals surface area contributed by atoms with Gasteiger partial charge in [-0.15, -0.1) is 21.5 Å². The third-order valence-corrected chi connectivity index (χ3v) is 8.40. The summed E-state index contributed by atoms with van der Waals surface area (Å²) in [5.74, 6) is 2.33. The molecular weight excluding hydrogens is 438 g/mol. The van der Waals surface area contributed by atoms with Gasteiger partial charge < -0.3 is 9.55 Å². The summed E-state index contributed by atoms with van der Waals surface area (Å²) >= 11 is 3.29. The maximum atomic E-state index is 13.0. The van der Waals surface area contributed by atoms with E-state index in [0.29, 0.717) is 11.7 Å². The number of aromatic amines is 1. The van der Waals surface area contributed by atoms with Gasteiger partial charge in [-0.3, -0.25) is 4.79 Å². The van der Waals surface area contributed by atoms with Crippen molar-refractivity contribution in [3.8, 4) is 0 Å². The molecule has 32 heavy (non-hydrogen) atoms. The molecule has 0 spiro atoms. The highest BCUT2D eigenvalue weighted by Crippen LogP contribution is 2.37. The minimum atomic E-state index is -0.0378. The van der Waals surface area contributed by atoms with Gasteiger partial charge in [-0.05, 0) is 50.2 Å². The van der Waals surface area contributed by atoms with Gasteiger partial charge in [0.15, 0.2) is 5.16 Å². The van der Waals surface area contributed by atoms with Crippen LogP contribution >= 0.6 is 23.1 Å². The second kappa shape index (κ2) is 8.83. The summed E-state index contributed by atoms with van der Waals surface area (Å²) in [5.41, 5.74) is 2.43. The van der Waals surface area contributed by atoms with Crippen LogP contribution in [0.25, 0.3) is 10.2 Å². The highest BCUT2D eigenvalue weighted by molar-refractivity contribution is 7.99. The van der Waals surface area contributed by atoms with E-state index in [1.165, 1.54) is 16.0 Å². The molecule has 2 unspecified atom stereocenters. The van der Waals surface area contributed by atoms with Crippen LogP contribution in [0.1, 0.15) is 60.1 Å². The standard InChI is InChI=1S/C24H27N5OS2/c1-4-29-19(13-16-8-6-5-7-9-16)27-28-24(29)31-15(3)21-25-22(30)20-17-11-10-14(2)12-18(17)32-23(20)26-21/h5-9,14-15H,4,10-13H2,1-3H3,(H,25,26,30). The van der Waals surface area contributed by atoms with E-state index in [-0.39, 0.29) is 10.8 Å². The van der Waals surface area contributed by atoms with Gasteiger partial charge in [0.1, 0.15) is 16.5 Å². The monoisotopic (exact) mass is 465 g/mol. The largest absolute Gasteiger partial charge is 0.309 e. The average Bonchev–Trinajstić information content (AvgIpc) is 3.34. The Hall–Kier alpha value is -2.45. The zero-order valence-electron chi connectivity index (χ0n) is 18.6. The molecule has 2 atom stereocenters. The summed E-state index contributed by atoms with van der Waals surface area (Å²) in [5, 5.41) is 10.5. The minimum Gasteiger partial charge on any atom is -0.309 e. The first kappa shape index (κ1) is 21.4. The molecule has 0 bridgehead atoms. The lowest BCUT2D eigenvalue weighted by Crippen LogP contribution is -2.15. The van der Waals surface area contributed by atoms with Crippen molar-refractivity contribution in [2.45, 2.75) is 63.4 Å². The van der Waals surface area contributed by atoms with E-state index in [0.717, 1.165) is 53.4 Å². The van der Waals surface area contributed by atoms with E-state index >= 15 is 0 Å². The van der Waals surface area contributed by atoms with Crippen LogP contribution in [0.4, 0.5) is 0 Å². The van der Waals surface area contributed by atoms with Crippen molar-refractivity contribution in [1.29, 1.82) is 0 Å². The van der Waals surface area contributed by atoms with Crippen molar-refractivity contribution in [2.24, 2.45) is 5.92 Å². The number of thioether (sulfide) groups is 1. The molecule has 6 nitrogen and oxygen atoms in total. The quantitative estimate of drug-likeness (QED) is 0.398. The Morgan fingerprint density at radius 2 is 2.09 bits per heavy atom. The number of hydrogen-bond donors (Lipinski definition) is 1. The van der Waals surface area contributed by atoms with Gasteiger partial charge in [-0.2, -0.15) is 0 Å². The molecule has 8 heteroatoms. The summed E-state index contributed by atoms with van der Waals surface area (Å²) in [6, 6.07) is 10.3. The molecule has 3 aromatic heterocycles. The zero-order valence-corrected chi connectivity index (χ0v) is 20.2. The fraction of sp³-hybridized carbons (Fsp3) is 0.417. The molecule has 1 aliphatic rings. The predicted octanol–water partition coefficient (Wildman–Crippen LogP) is 5.16. The Morgan fingerprint density at radius 1 is 1.28 bits per heavy atom. The van der Waals surface area contributed by atoms with Crippen molar-refractivity contribution in [3.63, 3.8) is 0 Å². The predicted molar refractivity (Wildman–Crippen MR) is 131 cm³/mol. The summed E-state index contributed by atoms with van der Waals surface area (Å²) in [6.07, 6.45) is 3.93. The van der Waals surface area contributed by atoms with Crippen molar-refractivity contribution in [2.75, 3.05) is 0 Å². The maximum Gasteiger partial charge on any atom is 0.259 e. The third kappa shape index (κ3) is 4.01. The van der Waals surface area contributed by atoms with Gasteiger partial charge in [0.2, 0.25) is 0 Å². The van der Waals surface area contributed by atoms with Crippen molar-refractivity contribution in [3.05, 3.63) is 68.3 Å². The zero-order chi connectivity index (χ0) is 22.2. The Balaban J connectivity index is 1.41. The lowest BCUT2D eigenvalue weighted by atomic mass is 9.89. The number of nitrogens with one attached hydrogen (secondary N) is 1. The van der Waals surface area contributed by atoms with E-state index < -0.39 is 0 Å². The van der Waals surface area contributed by atoms with E-state index in [9.17, 15) is 4.79 Å². The van der Waals surface area contributed by atoms with Gasteiger partial charge in [0, 0.05) is 17.8 Å². The lowest BCUT2D eigenvalue weighted by Gasteiger charge is -2.17. The topological polar surface area (TPSA) is 76.5 Å². The number of thiophene rings is 1. The Bertz CT molecular complexity index is 1310. The van der Waals surface area contributed by atoms with Gasteiger partial charge in [-0.25, -0.2) is 4.98 Å². The Kier molecular flexibility index (Phi) is 5.90. The summed E-state index contributed by atoms with van der Waals surface area (Å²) < 4.78 is 2.15. The molecule has 1 N–H and O–H groups in total. The average molecular weight is 466 g/mol. The fourth-order valence-corrected chi connectivity index (χ4v) is 6.78. The van der Waals surface area contributed by atoms with Crippen LogP contribution in [0.15, 0.2) is 40.3 Å². The first-order valence-electron chi connectivity index (χ1n) is 11.2. The fourth-order valence-electron chi connectivity index (χ4n) is 4.40. The van der Waals surface area contributed by atoms with Gasteiger partial charge in [0.05, 0.1) is 10.6 Å². The molecule has 4 aromatic rings. The molecule has 0 fully saturated rings. The maximum absolute atomic E-state index is 13.0. The molecule has 1 aliphatic carbocycles. The summed E-state index contributed by atoms with van der Waals surface area (Å²) in [7, 11) is 0. The molecule has 3 heterocycles. The number of aromatic nitrogens is 5. The third-order valence-electron chi connectivity index (χ3n) is 6.17. The number of fused-ring (bicyclic) bond motifs is 3. The molecular formula is C24H27N5OS2. The number of benzene rings is 1. The number of aryl methyl sites for hydroxylation is 1. The molecule has 5 rings (SSSR count). The van der Waals surface area contributed by atoms with Crippen LogP contribution in [-0.4, -0.2) is 24.7 Å². The van der Waals surface area contributed by atoms with Crippen LogP contribution in [0.5, 0.6) is 0 Å². The van der Waals surface area contributed by atoms with Gasteiger partial charge >= 0.3 is 0 Å². The summed E-state index contributed by atoms with van der Waals surface area (Å²) in [4.78, 5) is 23.1. The smallest absolute Gasteiger partial charge is 0.259 e. The highest BCUT2D eigenvalue weighted by Gasteiger charge is 2.24. The molecule has 0 aliphatic heterocycles. The normalized spacial score (nSPS) is 16.9. The molecule has 1 aromatic carbocycles. The summed E-state index contributed by atoms with van der Waals surface area (Å²) in [6.45, 7) is 7.25. The molecule has 0 amide bonds. The van der Waals surface area contributed by atoms with Crippen LogP contribution < -0.4 is 5.56 Å². The lowest BCUT2D eigenvalue weighted by molar-refractivity contribution is 0.509. The first-order chi connectivity index (χ1) is 15.5. The molecule has 0 saturated carbocycles.